The lowest BCUT2D eigenvalue weighted by Crippen LogP contribution is -2.24. The van der Waals surface area contributed by atoms with E-state index in [1.165, 1.54) is 36.8 Å². The topological polar surface area (TPSA) is 30.5 Å². The van der Waals surface area contributed by atoms with E-state index in [2.05, 4.69) is 24.4 Å². The van der Waals surface area contributed by atoms with E-state index in [1.54, 1.807) is 14.2 Å². The molecule has 1 atom stereocenters. The predicted molar refractivity (Wildman–Crippen MR) is 82.5 cm³/mol. The number of methoxy groups -OCH3 is 2. The highest BCUT2D eigenvalue weighted by Crippen LogP contribution is 2.36. The molecule has 0 aromatic heterocycles. The van der Waals surface area contributed by atoms with Crippen molar-refractivity contribution in [1.82, 2.24) is 5.32 Å². The Morgan fingerprint density at radius 1 is 1.20 bits per heavy atom. The zero-order valence-corrected chi connectivity index (χ0v) is 12.7. The Kier molecular flexibility index (Phi) is 5.48. The summed E-state index contributed by atoms with van der Waals surface area (Å²) >= 11 is 0. The van der Waals surface area contributed by atoms with Gasteiger partial charge in [0.2, 0.25) is 0 Å². The average molecular weight is 275 g/mol. The largest absolute Gasteiger partial charge is 0.497 e. The Morgan fingerprint density at radius 2 is 2.05 bits per heavy atom. The standard InChI is InChI=1S/C17H25NO2/c1-4-18-17(13-8-6-5-7-9-13)15-11-10-14(19-2)12-16(15)20-3/h8,10-12,17-18H,4-7,9H2,1-3H3. The van der Waals surface area contributed by atoms with Gasteiger partial charge in [0.1, 0.15) is 11.5 Å². The van der Waals surface area contributed by atoms with Crippen LogP contribution in [0.4, 0.5) is 0 Å². The second-order valence-corrected chi connectivity index (χ2v) is 5.12. The average Bonchev–Trinajstić information content (AvgIpc) is 2.53. The summed E-state index contributed by atoms with van der Waals surface area (Å²) in [5, 5.41) is 3.59. The number of rotatable bonds is 6. The Bertz CT molecular complexity index is 468. The van der Waals surface area contributed by atoms with Gasteiger partial charge in [-0.2, -0.15) is 0 Å². The minimum Gasteiger partial charge on any atom is -0.497 e. The lowest BCUT2D eigenvalue weighted by molar-refractivity contribution is 0.386. The van der Waals surface area contributed by atoms with Gasteiger partial charge in [0.25, 0.3) is 0 Å². The first-order valence-corrected chi connectivity index (χ1v) is 7.44. The molecule has 1 aromatic carbocycles. The van der Waals surface area contributed by atoms with Crippen LogP contribution >= 0.6 is 0 Å². The highest BCUT2D eigenvalue weighted by molar-refractivity contribution is 5.45. The molecule has 0 heterocycles. The smallest absolute Gasteiger partial charge is 0.127 e. The van der Waals surface area contributed by atoms with Gasteiger partial charge in [-0.1, -0.05) is 18.6 Å². The second-order valence-electron chi connectivity index (χ2n) is 5.12. The number of hydrogen-bond donors (Lipinski definition) is 1. The van der Waals surface area contributed by atoms with Crippen LogP contribution in [0.3, 0.4) is 0 Å². The van der Waals surface area contributed by atoms with Gasteiger partial charge in [-0.3, -0.25) is 0 Å². The van der Waals surface area contributed by atoms with E-state index in [1.807, 2.05) is 12.1 Å². The number of ether oxygens (including phenoxy) is 2. The number of allylic oxidation sites excluding steroid dienone is 1. The SMILES string of the molecule is CCNC(C1=CCCCC1)c1ccc(OC)cc1OC. The molecule has 1 unspecified atom stereocenters. The molecule has 0 radical (unpaired) electrons. The van der Waals surface area contributed by atoms with E-state index in [0.29, 0.717) is 0 Å². The molecule has 1 N–H and O–H groups in total. The number of likely N-dealkylation sites (N-methyl/N-ethyl adjacent to an activating group) is 1. The maximum atomic E-state index is 5.56. The lowest BCUT2D eigenvalue weighted by Gasteiger charge is -2.26. The Labute approximate surface area is 122 Å². The molecule has 20 heavy (non-hydrogen) atoms. The van der Waals surface area contributed by atoms with Crippen LogP contribution in [0.15, 0.2) is 29.8 Å². The first kappa shape index (κ1) is 14.9. The Morgan fingerprint density at radius 3 is 2.65 bits per heavy atom. The van der Waals surface area contributed by atoms with Crippen molar-refractivity contribution < 1.29 is 9.47 Å². The molecular weight excluding hydrogens is 250 g/mol. The van der Waals surface area contributed by atoms with Crippen LogP contribution in [-0.2, 0) is 0 Å². The molecule has 2 rings (SSSR count). The first-order chi connectivity index (χ1) is 9.80. The molecule has 1 aliphatic rings. The van der Waals surface area contributed by atoms with Crippen LogP contribution in [0.2, 0.25) is 0 Å². The third-order valence-corrected chi connectivity index (χ3v) is 3.86. The van der Waals surface area contributed by atoms with Gasteiger partial charge in [-0.25, -0.2) is 0 Å². The molecule has 3 nitrogen and oxygen atoms in total. The van der Waals surface area contributed by atoms with Crippen molar-refractivity contribution in [3.8, 4) is 11.5 Å². The van der Waals surface area contributed by atoms with Crippen LogP contribution in [0.25, 0.3) is 0 Å². The van der Waals surface area contributed by atoms with Gasteiger partial charge < -0.3 is 14.8 Å². The van der Waals surface area contributed by atoms with Crippen LogP contribution in [0.5, 0.6) is 11.5 Å². The Hall–Kier alpha value is -1.48. The van der Waals surface area contributed by atoms with Crippen LogP contribution in [-0.4, -0.2) is 20.8 Å². The minimum absolute atomic E-state index is 0.251. The molecular formula is C17H25NO2. The molecule has 1 aliphatic carbocycles. The van der Waals surface area contributed by atoms with Crippen LogP contribution in [0.1, 0.15) is 44.2 Å². The van der Waals surface area contributed by atoms with Crippen molar-refractivity contribution in [1.29, 1.82) is 0 Å². The van der Waals surface area contributed by atoms with E-state index < -0.39 is 0 Å². The molecule has 110 valence electrons. The predicted octanol–water partition coefficient (Wildman–Crippen LogP) is 3.85. The van der Waals surface area contributed by atoms with Gasteiger partial charge >= 0.3 is 0 Å². The highest BCUT2D eigenvalue weighted by Gasteiger charge is 2.21. The summed E-state index contributed by atoms with van der Waals surface area (Å²) in [6.07, 6.45) is 7.34. The lowest BCUT2D eigenvalue weighted by atomic mass is 9.89. The summed E-state index contributed by atoms with van der Waals surface area (Å²) < 4.78 is 10.8. The number of nitrogens with one attached hydrogen (secondary N) is 1. The van der Waals surface area contributed by atoms with Gasteiger partial charge in [-0.05, 0) is 44.4 Å². The first-order valence-electron chi connectivity index (χ1n) is 7.44. The van der Waals surface area contributed by atoms with Crippen molar-refractivity contribution in [2.24, 2.45) is 0 Å². The molecule has 3 heteroatoms. The van der Waals surface area contributed by atoms with E-state index in [-0.39, 0.29) is 6.04 Å². The summed E-state index contributed by atoms with van der Waals surface area (Å²) in [4.78, 5) is 0. The molecule has 0 amide bonds. The van der Waals surface area contributed by atoms with E-state index in [9.17, 15) is 0 Å². The summed E-state index contributed by atoms with van der Waals surface area (Å²) in [5.41, 5.74) is 2.69. The summed E-state index contributed by atoms with van der Waals surface area (Å²) in [7, 11) is 3.40. The van der Waals surface area contributed by atoms with Gasteiger partial charge in [0, 0.05) is 11.6 Å². The van der Waals surface area contributed by atoms with Crippen molar-refractivity contribution in [2.75, 3.05) is 20.8 Å². The zero-order valence-electron chi connectivity index (χ0n) is 12.7. The normalized spacial score (nSPS) is 16.4. The second kappa shape index (κ2) is 7.34. The fraction of sp³-hybridized carbons (Fsp3) is 0.529. The zero-order chi connectivity index (χ0) is 14.4. The monoisotopic (exact) mass is 275 g/mol. The molecule has 1 aromatic rings. The maximum Gasteiger partial charge on any atom is 0.127 e. The number of benzene rings is 1. The van der Waals surface area contributed by atoms with Gasteiger partial charge in [0.15, 0.2) is 0 Å². The van der Waals surface area contributed by atoms with Gasteiger partial charge in [-0.15, -0.1) is 0 Å². The fourth-order valence-electron chi connectivity index (χ4n) is 2.83. The molecule has 0 saturated carbocycles. The third-order valence-electron chi connectivity index (χ3n) is 3.86. The quantitative estimate of drug-likeness (QED) is 0.800. The van der Waals surface area contributed by atoms with Crippen LogP contribution in [0, 0.1) is 0 Å². The molecule has 0 bridgehead atoms. The third kappa shape index (κ3) is 3.34. The summed E-state index contributed by atoms with van der Waals surface area (Å²) in [5.74, 6) is 1.72. The number of hydrogen-bond acceptors (Lipinski definition) is 3. The summed E-state index contributed by atoms with van der Waals surface area (Å²) in [6, 6.07) is 6.33. The van der Waals surface area contributed by atoms with Crippen molar-refractivity contribution in [3.63, 3.8) is 0 Å². The molecule has 0 fully saturated rings. The highest BCUT2D eigenvalue weighted by atomic mass is 16.5. The Balaban J connectivity index is 2.35. The molecule has 0 saturated heterocycles. The van der Waals surface area contributed by atoms with Crippen LogP contribution < -0.4 is 14.8 Å². The minimum atomic E-state index is 0.251. The van der Waals surface area contributed by atoms with Crippen molar-refractivity contribution in [2.45, 2.75) is 38.6 Å². The fourth-order valence-corrected chi connectivity index (χ4v) is 2.83. The maximum absolute atomic E-state index is 5.56. The van der Waals surface area contributed by atoms with E-state index in [4.69, 9.17) is 9.47 Å². The van der Waals surface area contributed by atoms with Gasteiger partial charge in [0.05, 0.1) is 20.3 Å². The van der Waals surface area contributed by atoms with Crippen molar-refractivity contribution in [3.05, 3.63) is 35.4 Å². The van der Waals surface area contributed by atoms with E-state index >= 15 is 0 Å². The molecule has 0 aliphatic heterocycles. The van der Waals surface area contributed by atoms with Crippen molar-refractivity contribution >= 4 is 0 Å². The summed E-state index contributed by atoms with van der Waals surface area (Å²) in [6.45, 7) is 3.09. The van der Waals surface area contributed by atoms with E-state index in [0.717, 1.165) is 18.0 Å². The molecule has 0 spiro atoms.